The molecule has 120 valence electrons. The number of amides is 1. The van der Waals surface area contributed by atoms with Crippen LogP contribution in [-0.2, 0) is 16.0 Å². The van der Waals surface area contributed by atoms with Gasteiger partial charge >= 0.3 is 6.09 Å². The van der Waals surface area contributed by atoms with Crippen molar-refractivity contribution in [3.8, 4) is 0 Å². The molecule has 1 saturated heterocycles. The van der Waals surface area contributed by atoms with Crippen molar-refractivity contribution < 1.29 is 14.3 Å². The highest BCUT2D eigenvalue weighted by Crippen LogP contribution is 2.35. The summed E-state index contributed by atoms with van der Waals surface area (Å²) in [7, 11) is 0. The van der Waals surface area contributed by atoms with Crippen LogP contribution >= 0.6 is 0 Å². The fourth-order valence-corrected chi connectivity index (χ4v) is 3.12. The molecule has 1 aliphatic heterocycles. The lowest BCUT2D eigenvalue weighted by Crippen LogP contribution is -2.51. The van der Waals surface area contributed by atoms with E-state index in [0.717, 1.165) is 11.8 Å². The van der Waals surface area contributed by atoms with E-state index in [2.05, 4.69) is 6.92 Å². The normalized spacial score (nSPS) is 25.1. The highest BCUT2D eigenvalue weighted by Gasteiger charge is 2.48. The number of ether oxygens (including phenoxy) is 1. The van der Waals surface area contributed by atoms with Gasteiger partial charge in [0, 0.05) is 13.0 Å². The smallest absolute Gasteiger partial charge is 0.411 e. The second kappa shape index (κ2) is 6.11. The van der Waals surface area contributed by atoms with Gasteiger partial charge < -0.3 is 9.53 Å². The van der Waals surface area contributed by atoms with Gasteiger partial charge in [0.05, 0.1) is 0 Å². The minimum Gasteiger partial charge on any atom is -0.444 e. The number of benzene rings is 1. The van der Waals surface area contributed by atoms with E-state index >= 15 is 0 Å². The topological polar surface area (TPSA) is 46.6 Å². The van der Waals surface area contributed by atoms with Crippen molar-refractivity contribution in [3.05, 3.63) is 35.9 Å². The van der Waals surface area contributed by atoms with E-state index < -0.39 is 17.2 Å². The van der Waals surface area contributed by atoms with Gasteiger partial charge in [0.2, 0.25) is 0 Å². The summed E-state index contributed by atoms with van der Waals surface area (Å²) in [6, 6.07) is 9.82. The lowest BCUT2D eigenvalue weighted by atomic mass is 9.87. The molecule has 0 radical (unpaired) electrons. The molecule has 1 aliphatic rings. The lowest BCUT2D eigenvalue weighted by molar-refractivity contribution is -0.117. The number of nitrogens with zero attached hydrogens (tertiary/aromatic N) is 1. The molecule has 4 heteroatoms. The van der Waals surface area contributed by atoms with Crippen LogP contribution in [-0.4, -0.2) is 35.0 Å². The van der Waals surface area contributed by atoms with E-state index in [4.69, 9.17) is 4.74 Å². The molecule has 0 saturated carbocycles. The van der Waals surface area contributed by atoms with Crippen molar-refractivity contribution in [3.63, 3.8) is 0 Å². The summed E-state index contributed by atoms with van der Waals surface area (Å²) >= 11 is 0. The van der Waals surface area contributed by atoms with Gasteiger partial charge in [-0.25, -0.2) is 4.79 Å². The van der Waals surface area contributed by atoms with Gasteiger partial charge in [-0.2, -0.15) is 0 Å². The molecule has 1 amide bonds. The van der Waals surface area contributed by atoms with Gasteiger partial charge in [0.25, 0.3) is 0 Å². The van der Waals surface area contributed by atoms with Crippen LogP contribution in [0, 0.1) is 5.92 Å². The van der Waals surface area contributed by atoms with E-state index in [0.29, 0.717) is 19.4 Å². The summed E-state index contributed by atoms with van der Waals surface area (Å²) in [5.41, 5.74) is -0.315. The van der Waals surface area contributed by atoms with Crippen LogP contribution in [0.3, 0.4) is 0 Å². The van der Waals surface area contributed by atoms with Crippen LogP contribution in [0.5, 0.6) is 0 Å². The van der Waals surface area contributed by atoms with Crippen molar-refractivity contribution in [2.45, 2.75) is 51.7 Å². The number of hydrogen-bond donors (Lipinski definition) is 0. The van der Waals surface area contributed by atoms with Gasteiger partial charge in [0.1, 0.15) is 17.4 Å². The Kier molecular flexibility index (Phi) is 4.59. The Labute approximate surface area is 132 Å². The van der Waals surface area contributed by atoms with Gasteiger partial charge in [-0.05, 0) is 38.7 Å². The zero-order valence-corrected chi connectivity index (χ0v) is 13.8. The van der Waals surface area contributed by atoms with Crippen molar-refractivity contribution in [1.29, 1.82) is 0 Å². The summed E-state index contributed by atoms with van der Waals surface area (Å²) in [6.45, 7) is 8.13. The Hall–Kier alpha value is -1.84. The number of likely N-dealkylation sites (tertiary alicyclic amines) is 1. The number of aldehydes is 1. The van der Waals surface area contributed by atoms with Crippen molar-refractivity contribution in [1.82, 2.24) is 4.90 Å². The highest BCUT2D eigenvalue weighted by molar-refractivity contribution is 5.78. The molecule has 1 aromatic rings. The van der Waals surface area contributed by atoms with Gasteiger partial charge in [-0.15, -0.1) is 0 Å². The van der Waals surface area contributed by atoms with Crippen LogP contribution in [0.15, 0.2) is 30.3 Å². The molecule has 0 bridgehead atoms. The van der Waals surface area contributed by atoms with Gasteiger partial charge in [-0.1, -0.05) is 37.3 Å². The summed E-state index contributed by atoms with van der Waals surface area (Å²) in [4.78, 5) is 26.0. The first-order valence-corrected chi connectivity index (χ1v) is 7.77. The quantitative estimate of drug-likeness (QED) is 0.804. The maximum absolute atomic E-state index is 12.5. The highest BCUT2D eigenvalue weighted by atomic mass is 16.6. The Balaban J connectivity index is 2.26. The molecule has 0 unspecified atom stereocenters. The van der Waals surface area contributed by atoms with Crippen molar-refractivity contribution in [2.75, 3.05) is 6.54 Å². The molecule has 22 heavy (non-hydrogen) atoms. The minimum absolute atomic E-state index is 0.279. The molecular weight excluding hydrogens is 278 g/mol. The molecule has 2 atom stereocenters. The summed E-state index contributed by atoms with van der Waals surface area (Å²) in [5, 5.41) is 0. The molecule has 1 heterocycles. The van der Waals surface area contributed by atoms with Crippen LogP contribution in [0.4, 0.5) is 4.79 Å². The fourth-order valence-electron chi connectivity index (χ4n) is 3.12. The second-order valence-corrected chi connectivity index (χ2v) is 7.28. The molecule has 2 rings (SSSR count). The largest absolute Gasteiger partial charge is 0.444 e. The van der Waals surface area contributed by atoms with Gasteiger partial charge in [-0.3, -0.25) is 4.90 Å². The average Bonchev–Trinajstić information content (AvgIpc) is 2.75. The molecule has 0 N–H and O–H groups in total. The van der Waals surface area contributed by atoms with Crippen molar-refractivity contribution >= 4 is 12.4 Å². The first-order valence-electron chi connectivity index (χ1n) is 7.77. The Morgan fingerprint density at radius 3 is 2.55 bits per heavy atom. The first kappa shape index (κ1) is 16.5. The SMILES string of the molecule is C[C@@H]1CN(C(=O)OC(C)(C)C)[C@@](C=O)(Cc2ccccc2)C1. The van der Waals surface area contributed by atoms with E-state index in [1.54, 1.807) is 4.90 Å². The average molecular weight is 303 g/mol. The monoisotopic (exact) mass is 303 g/mol. The fraction of sp³-hybridized carbons (Fsp3) is 0.556. The molecule has 1 aromatic carbocycles. The molecule has 0 aromatic heterocycles. The van der Waals surface area contributed by atoms with Crippen LogP contribution < -0.4 is 0 Å². The zero-order chi connectivity index (χ0) is 16.4. The predicted molar refractivity (Wildman–Crippen MR) is 85.7 cm³/mol. The number of carbonyl (C=O) groups excluding carboxylic acids is 2. The number of hydrogen-bond acceptors (Lipinski definition) is 3. The van der Waals surface area contributed by atoms with Gasteiger partial charge in [0.15, 0.2) is 0 Å². The van der Waals surface area contributed by atoms with E-state index in [1.807, 2.05) is 51.1 Å². The maximum Gasteiger partial charge on any atom is 0.411 e. The molecule has 1 fully saturated rings. The third-order valence-electron chi connectivity index (χ3n) is 3.92. The van der Waals surface area contributed by atoms with Crippen LogP contribution in [0.1, 0.15) is 39.7 Å². The predicted octanol–water partition coefficient (Wildman–Crippen LogP) is 3.44. The van der Waals surface area contributed by atoms with Crippen LogP contribution in [0.25, 0.3) is 0 Å². The van der Waals surface area contributed by atoms with Crippen molar-refractivity contribution in [2.24, 2.45) is 5.92 Å². The molecule has 0 spiro atoms. The first-order chi connectivity index (χ1) is 10.3. The zero-order valence-electron chi connectivity index (χ0n) is 13.8. The Morgan fingerprint density at radius 1 is 1.36 bits per heavy atom. The third kappa shape index (κ3) is 3.67. The molecule has 4 nitrogen and oxygen atoms in total. The summed E-state index contributed by atoms with van der Waals surface area (Å²) < 4.78 is 5.49. The number of rotatable bonds is 3. The third-order valence-corrected chi connectivity index (χ3v) is 3.92. The molecular formula is C18H25NO3. The Morgan fingerprint density at radius 2 is 2.00 bits per heavy atom. The minimum atomic E-state index is -0.802. The second-order valence-electron chi connectivity index (χ2n) is 7.28. The summed E-state index contributed by atoms with van der Waals surface area (Å²) in [6.07, 6.45) is 1.72. The van der Waals surface area contributed by atoms with Crippen LogP contribution in [0.2, 0.25) is 0 Å². The summed E-state index contributed by atoms with van der Waals surface area (Å²) in [5.74, 6) is 0.279. The molecule has 0 aliphatic carbocycles. The number of carbonyl (C=O) groups is 2. The maximum atomic E-state index is 12.5. The van der Waals surface area contributed by atoms with E-state index in [9.17, 15) is 9.59 Å². The van der Waals surface area contributed by atoms with E-state index in [1.165, 1.54) is 0 Å². The lowest BCUT2D eigenvalue weighted by Gasteiger charge is -2.35. The standard InChI is InChI=1S/C18H25NO3/c1-14-10-18(13-20,11-15-8-6-5-7-9-15)19(12-14)16(21)22-17(2,3)4/h5-9,13-14H,10-12H2,1-4H3/t14-,18+/m0/s1. The van der Waals surface area contributed by atoms with E-state index in [-0.39, 0.29) is 5.92 Å². The Bertz CT molecular complexity index is 535.